The van der Waals surface area contributed by atoms with Crippen LogP contribution in [0.3, 0.4) is 0 Å². The van der Waals surface area contributed by atoms with E-state index in [0.29, 0.717) is 23.2 Å². The van der Waals surface area contributed by atoms with Gasteiger partial charge in [0, 0.05) is 12.1 Å². The van der Waals surface area contributed by atoms with E-state index in [9.17, 15) is 9.18 Å². The topological polar surface area (TPSA) is 62.4 Å². The van der Waals surface area contributed by atoms with E-state index in [4.69, 9.17) is 4.74 Å². The van der Waals surface area contributed by atoms with E-state index in [1.54, 1.807) is 30.3 Å². The number of ether oxygens (including phenoxy) is 1. The maximum Gasteiger partial charge on any atom is 0.243 e. The maximum atomic E-state index is 13.3. The minimum Gasteiger partial charge on any atom is -0.455 e. The Balaban J connectivity index is 1.68. The van der Waals surface area contributed by atoms with Gasteiger partial charge in [-0.15, -0.1) is 0 Å². The fourth-order valence-corrected chi connectivity index (χ4v) is 2.87. The van der Waals surface area contributed by atoms with Crippen LogP contribution in [0.4, 0.5) is 10.1 Å². The highest BCUT2D eigenvalue weighted by Gasteiger charge is 2.29. The lowest BCUT2D eigenvalue weighted by Crippen LogP contribution is -2.40. The van der Waals surface area contributed by atoms with Gasteiger partial charge in [0.1, 0.15) is 17.6 Å². The monoisotopic (exact) mass is 343 g/mol. The Bertz CT molecular complexity index is 738. The third-order valence-electron chi connectivity index (χ3n) is 4.10. The van der Waals surface area contributed by atoms with Crippen molar-refractivity contribution in [1.82, 2.24) is 10.9 Å². The molecule has 1 aliphatic rings. The predicted octanol–water partition coefficient (Wildman–Crippen LogP) is 3.59. The van der Waals surface area contributed by atoms with Crippen molar-refractivity contribution in [3.05, 3.63) is 54.3 Å². The summed E-state index contributed by atoms with van der Waals surface area (Å²) in [6.07, 6.45) is 2.83. The maximum absolute atomic E-state index is 13.3. The van der Waals surface area contributed by atoms with Gasteiger partial charge < -0.3 is 10.1 Å². The molecule has 0 saturated carbocycles. The summed E-state index contributed by atoms with van der Waals surface area (Å²) in [4.78, 5) is 12.5. The van der Waals surface area contributed by atoms with Gasteiger partial charge in [-0.2, -0.15) is 0 Å². The highest BCUT2D eigenvalue weighted by molar-refractivity contribution is 5.96. The average molecular weight is 343 g/mol. The fourth-order valence-electron chi connectivity index (χ4n) is 2.87. The zero-order chi connectivity index (χ0) is 17.6. The molecule has 0 aliphatic carbocycles. The van der Waals surface area contributed by atoms with Crippen LogP contribution >= 0.6 is 0 Å². The number of halogens is 1. The van der Waals surface area contributed by atoms with Gasteiger partial charge in [-0.05, 0) is 37.1 Å². The summed E-state index contributed by atoms with van der Waals surface area (Å²) < 4.78 is 19.0. The number of hydrogen-bond donors (Lipinski definition) is 3. The van der Waals surface area contributed by atoms with Gasteiger partial charge in [0.2, 0.25) is 5.91 Å². The quantitative estimate of drug-likeness (QED) is 0.750. The highest BCUT2D eigenvalue weighted by atomic mass is 19.1. The first-order chi connectivity index (χ1) is 12.2. The predicted molar refractivity (Wildman–Crippen MR) is 94.9 cm³/mol. The number of hydrogen-bond acceptors (Lipinski definition) is 4. The Morgan fingerprint density at radius 2 is 2.08 bits per heavy atom. The average Bonchev–Trinajstić information content (AvgIpc) is 3.06. The second kappa shape index (κ2) is 8.09. The molecule has 1 amide bonds. The Labute approximate surface area is 146 Å². The normalized spacial score (nSPS) is 19.6. The molecule has 3 N–H and O–H groups in total. The first-order valence-electron chi connectivity index (χ1n) is 8.50. The van der Waals surface area contributed by atoms with Crippen LogP contribution in [-0.4, -0.2) is 18.0 Å². The smallest absolute Gasteiger partial charge is 0.243 e. The number of carbonyl (C=O) groups is 1. The number of benzene rings is 2. The van der Waals surface area contributed by atoms with Crippen molar-refractivity contribution in [3.63, 3.8) is 0 Å². The minimum atomic E-state index is -0.373. The zero-order valence-electron chi connectivity index (χ0n) is 14.1. The molecule has 6 heteroatoms. The van der Waals surface area contributed by atoms with Crippen LogP contribution in [0.5, 0.6) is 11.5 Å². The summed E-state index contributed by atoms with van der Waals surface area (Å²) in [7, 11) is 0. The molecule has 0 radical (unpaired) electrons. The second-order valence-electron chi connectivity index (χ2n) is 6.11. The molecule has 2 aromatic carbocycles. The number of amides is 1. The summed E-state index contributed by atoms with van der Waals surface area (Å²) in [5.74, 6) is 0.353. The molecule has 3 rings (SSSR count). The largest absolute Gasteiger partial charge is 0.455 e. The first-order valence-corrected chi connectivity index (χ1v) is 8.50. The van der Waals surface area contributed by atoms with Crippen LogP contribution in [0.25, 0.3) is 0 Å². The standard InChI is InChI=1S/C19H22FN3O2/c1-2-6-14-12-17(23-22-14)19(24)21-16-9-3-4-10-18(16)25-15-8-5-7-13(20)11-15/h3-5,7-11,14,17,22-23H,2,6,12H2,1H3,(H,21,24). The van der Waals surface area contributed by atoms with Gasteiger partial charge in [0.05, 0.1) is 5.69 Å². The van der Waals surface area contributed by atoms with Crippen molar-refractivity contribution in [3.8, 4) is 11.5 Å². The molecular formula is C19H22FN3O2. The lowest BCUT2D eigenvalue weighted by molar-refractivity contribution is -0.117. The molecule has 2 aromatic rings. The van der Waals surface area contributed by atoms with Gasteiger partial charge in [0.15, 0.2) is 5.75 Å². The molecule has 0 bridgehead atoms. The number of anilines is 1. The molecule has 2 atom stereocenters. The Kier molecular flexibility index (Phi) is 5.63. The van der Waals surface area contributed by atoms with Crippen LogP contribution < -0.4 is 20.9 Å². The molecule has 0 aromatic heterocycles. The molecule has 1 fully saturated rings. The molecule has 132 valence electrons. The fraction of sp³-hybridized carbons (Fsp3) is 0.316. The molecule has 2 unspecified atom stereocenters. The van der Waals surface area contributed by atoms with Gasteiger partial charge >= 0.3 is 0 Å². The van der Waals surface area contributed by atoms with Crippen LogP contribution in [0.1, 0.15) is 26.2 Å². The van der Waals surface area contributed by atoms with Gasteiger partial charge in [-0.3, -0.25) is 10.2 Å². The Morgan fingerprint density at radius 3 is 2.88 bits per heavy atom. The van der Waals surface area contributed by atoms with E-state index in [-0.39, 0.29) is 17.8 Å². The van der Waals surface area contributed by atoms with Crippen molar-refractivity contribution in [2.75, 3.05) is 5.32 Å². The van der Waals surface area contributed by atoms with Crippen LogP contribution in [-0.2, 0) is 4.79 Å². The van der Waals surface area contributed by atoms with E-state index in [1.165, 1.54) is 12.1 Å². The first kappa shape index (κ1) is 17.4. The van der Waals surface area contributed by atoms with Crippen LogP contribution in [0.15, 0.2) is 48.5 Å². The molecule has 5 nitrogen and oxygen atoms in total. The molecular weight excluding hydrogens is 321 g/mol. The van der Waals surface area contributed by atoms with Gasteiger partial charge in [-0.25, -0.2) is 9.82 Å². The van der Waals surface area contributed by atoms with Crippen molar-refractivity contribution >= 4 is 11.6 Å². The second-order valence-corrected chi connectivity index (χ2v) is 6.11. The molecule has 1 saturated heterocycles. The number of carbonyl (C=O) groups excluding carboxylic acids is 1. The van der Waals surface area contributed by atoms with Crippen molar-refractivity contribution in [2.24, 2.45) is 0 Å². The molecule has 1 heterocycles. The summed E-state index contributed by atoms with van der Waals surface area (Å²) in [6, 6.07) is 13.0. The molecule has 25 heavy (non-hydrogen) atoms. The summed E-state index contributed by atoms with van der Waals surface area (Å²) in [5, 5.41) is 2.89. The third kappa shape index (κ3) is 4.55. The minimum absolute atomic E-state index is 0.124. The lowest BCUT2D eigenvalue weighted by Gasteiger charge is -2.14. The van der Waals surface area contributed by atoms with Gasteiger partial charge in [0.25, 0.3) is 0 Å². The van der Waals surface area contributed by atoms with Gasteiger partial charge in [-0.1, -0.05) is 31.5 Å². The third-order valence-corrected chi connectivity index (χ3v) is 4.10. The van der Waals surface area contributed by atoms with Crippen molar-refractivity contribution < 1.29 is 13.9 Å². The molecule has 1 aliphatic heterocycles. The number of nitrogens with one attached hydrogen (secondary N) is 3. The summed E-state index contributed by atoms with van der Waals surface area (Å²) in [6.45, 7) is 2.12. The van der Waals surface area contributed by atoms with Crippen LogP contribution in [0.2, 0.25) is 0 Å². The number of para-hydroxylation sites is 2. The van der Waals surface area contributed by atoms with Crippen molar-refractivity contribution in [1.29, 1.82) is 0 Å². The van der Waals surface area contributed by atoms with E-state index in [2.05, 4.69) is 23.1 Å². The SMILES string of the molecule is CCCC1CC(C(=O)Nc2ccccc2Oc2cccc(F)c2)NN1. The Morgan fingerprint density at radius 1 is 1.24 bits per heavy atom. The highest BCUT2D eigenvalue weighted by Crippen LogP contribution is 2.30. The lowest BCUT2D eigenvalue weighted by atomic mass is 10.1. The van der Waals surface area contributed by atoms with E-state index < -0.39 is 0 Å². The summed E-state index contributed by atoms with van der Waals surface area (Å²) in [5.41, 5.74) is 6.74. The number of hydrazine groups is 1. The van der Waals surface area contributed by atoms with Crippen LogP contribution in [0, 0.1) is 5.82 Å². The Hall–Kier alpha value is -2.44. The number of rotatable bonds is 6. The van der Waals surface area contributed by atoms with Crippen molar-refractivity contribution in [2.45, 2.75) is 38.3 Å². The van der Waals surface area contributed by atoms with E-state index in [0.717, 1.165) is 19.3 Å². The zero-order valence-corrected chi connectivity index (χ0v) is 14.1. The summed E-state index contributed by atoms with van der Waals surface area (Å²) >= 11 is 0. The molecule has 0 spiro atoms. The van der Waals surface area contributed by atoms with E-state index >= 15 is 0 Å². The van der Waals surface area contributed by atoms with E-state index in [1.807, 2.05) is 6.07 Å².